The van der Waals surface area contributed by atoms with Crippen molar-refractivity contribution in [3.63, 3.8) is 0 Å². The molecule has 0 bridgehead atoms. The van der Waals surface area contributed by atoms with E-state index < -0.39 is 0 Å². The summed E-state index contributed by atoms with van der Waals surface area (Å²) in [5.41, 5.74) is 7.95. The quantitative estimate of drug-likeness (QED) is 0.394. The minimum Gasteiger partial charge on any atom is -0.494 e. The van der Waals surface area contributed by atoms with Crippen LogP contribution in [-0.2, 0) is 0 Å². The number of benzene rings is 1. The second-order valence-corrected chi connectivity index (χ2v) is 4.91. The van der Waals surface area contributed by atoms with Crippen molar-refractivity contribution in [3.8, 4) is 5.75 Å². The minimum absolute atomic E-state index is 0.196. The molecule has 0 aliphatic heterocycles. The van der Waals surface area contributed by atoms with Crippen molar-refractivity contribution in [3.05, 3.63) is 65.1 Å². The number of unbranched alkanes of at least 4 members (excludes halogenated alkanes) is 1. The summed E-state index contributed by atoms with van der Waals surface area (Å²) in [4.78, 5) is 12.1. The van der Waals surface area contributed by atoms with Crippen molar-refractivity contribution in [1.82, 2.24) is 0 Å². The molecule has 0 fully saturated rings. The first-order valence-corrected chi connectivity index (χ1v) is 7.43. The summed E-state index contributed by atoms with van der Waals surface area (Å²) in [5, 5.41) is 0. The summed E-state index contributed by atoms with van der Waals surface area (Å²) >= 11 is 0. The standard InChI is InChI=1S/C19H20O2/c1-2-21-18-14-12-17(13-15-18)19(20)11-7-6-10-16-8-4-3-5-9-16/h3-4,8,12-15H,2,6-7,10-11H2,1H3. The Kier molecular flexibility index (Phi) is 5.84. The fraction of sp³-hybridized carbons (Fsp3) is 0.316. The van der Waals surface area contributed by atoms with Crippen molar-refractivity contribution < 1.29 is 9.53 Å². The molecular formula is C19H20O2. The molecule has 0 atom stereocenters. The van der Waals surface area contributed by atoms with Gasteiger partial charge in [0.05, 0.1) is 6.61 Å². The Morgan fingerprint density at radius 1 is 1.19 bits per heavy atom. The highest BCUT2D eigenvalue weighted by molar-refractivity contribution is 5.96. The van der Waals surface area contributed by atoms with Crippen LogP contribution in [0.2, 0.25) is 0 Å². The van der Waals surface area contributed by atoms with Gasteiger partial charge in [-0.15, -0.1) is 0 Å². The second-order valence-electron chi connectivity index (χ2n) is 4.91. The van der Waals surface area contributed by atoms with Crippen molar-refractivity contribution in [2.75, 3.05) is 6.61 Å². The minimum atomic E-state index is 0.196. The number of hydrogen-bond donors (Lipinski definition) is 0. The molecule has 21 heavy (non-hydrogen) atoms. The highest BCUT2D eigenvalue weighted by atomic mass is 16.5. The number of Topliss-reactive ketones (excluding diaryl/α,β-unsaturated/α-hetero) is 1. The molecule has 2 nitrogen and oxygen atoms in total. The van der Waals surface area contributed by atoms with Crippen molar-refractivity contribution >= 4 is 5.78 Å². The van der Waals surface area contributed by atoms with Gasteiger partial charge in [-0.1, -0.05) is 23.6 Å². The largest absolute Gasteiger partial charge is 0.494 e. The molecule has 0 amide bonds. The molecule has 1 aromatic rings. The molecule has 0 radical (unpaired) electrons. The number of carbonyl (C=O) groups is 1. The first kappa shape index (κ1) is 15.1. The zero-order valence-electron chi connectivity index (χ0n) is 12.4. The van der Waals surface area contributed by atoms with Gasteiger partial charge >= 0.3 is 0 Å². The maximum atomic E-state index is 12.1. The van der Waals surface area contributed by atoms with Gasteiger partial charge in [0, 0.05) is 17.6 Å². The van der Waals surface area contributed by atoms with E-state index in [1.165, 1.54) is 0 Å². The Bertz CT molecular complexity index is 607. The van der Waals surface area contributed by atoms with Gasteiger partial charge in [-0.05, 0) is 56.5 Å². The van der Waals surface area contributed by atoms with Crippen molar-refractivity contribution in [1.29, 1.82) is 0 Å². The molecular weight excluding hydrogens is 260 g/mol. The fourth-order valence-corrected chi connectivity index (χ4v) is 2.18. The summed E-state index contributed by atoms with van der Waals surface area (Å²) in [6, 6.07) is 7.39. The lowest BCUT2D eigenvalue weighted by Crippen LogP contribution is -1.99. The van der Waals surface area contributed by atoms with Gasteiger partial charge in [0.2, 0.25) is 0 Å². The smallest absolute Gasteiger partial charge is 0.162 e. The number of ketones is 1. The Balaban J connectivity index is 1.75. The molecule has 0 unspecified atom stereocenters. The average molecular weight is 280 g/mol. The van der Waals surface area contributed by atoms with Gasteiger partial charge in [-0.2, -0.15) is 0 Å². The number of carbonyl (C=O) groups excluding carboxylic acids is 1. The summed E-state index contributed by atoms with van der Waals surface area (Å²) in [6.07, 6.45) is 9.30. The Morgan fingerprint density at radius 3 is 2.67 bits per heavy atom. The predicted octanol–water partition coefficient (Wildman–Crippen LogP) is 4.63. The SMILES string of the molecule is CCOc1ccc(C(=O)CCCCC2=C=C=CC=C2)cc1. The van der Waals surface area contributed by atoms with E-state index in [1.54, 1.807) is 0 Å². The van der Waals surface area contributed by atoms with Crippen LogP contribution in [0, 0.1) is 0 Å². The maximum Gasteiger partial charge on any atom is 0.162 e. The molecule has 0 saturated heterocycles. The Hall–Kier alpha value is -2.27. The van der Waals surface area contributed by atoms with Crippen LogP contribution in [-0.4, -0.2) is 12.4 Å². The number of rotatable bonds is 8. The van der Waals surface area contributed by atoms with Gasteiger partial charge in [-0.3, -0.25) is 4.79 Å². The van der Waals surface area contributed by atoms with Crippen LogP contribution >= 0.6 is 0 Å². The van der Waals surface area contributed by atoms with E-state index in [0.29, 0.717) is 13.0 Å². The number of ether oxygens (including phenoxy) is 1. The molecule has 0 aromatic heterocycles. The van der Waals surface area contributed by atoms with Crippen LogP contribution in [0.1, 0.15) is 43.0 Å². The fourth-order valence-electron chi connectivity index (χ4n) is 2.18. The molecule has 2 heteroatoms. The zero-order valence-corrected chi connectivity index (χ0v) is 12.4. The van der Waals surface area contributed by atoms with Gasteiger partial charge in [0.15, 0.2) is 5.78 Å². The lowest BCUT2D eigenvalue weighted by Gasteiger charge is -2.05. The monoisotopic (exact) mass is 280 g/mol. The van der Waals surface area contributed by atoms with Crippen LogP contribution in [0.15, 0.2) is 59.5 Å². The van der Waals surface area contributed by atoms with Crippen LogP contribution in [0.5, 0.6) is 5.75 Å². The topological polar surface area (TPSA) is 26.3 Å². The maximum absolute atomic E-state index is 12.1. The van der Waals surface area contributed by atoms with E-state index in [-0.39, 0.29) is 5.78 Å². The molecule has 0 saturated carbocycles. The van der Waals surface area contributed by atoms with E-state index in [4.69, 9.17) is 4.74 Å². The summed E-state index contributed by atoms with van der Waals surface area (Å²) in [6.45, 7) is 2.59. The summed E-state index contributed by atoms with van der Waals surface area (Å²) < 4.78 is 5.37. The van der Waals surface area contributed by atoms with Gasteiger partial charge in [0.25, 0.3) is 0 Å². The second kappa shape index (κ2) is 8.11. The van der Waals surface area contributed by atoms with E-state index in [9.17, 15) is 4.79 Å². The molecule has 2 rings (SSSR count). The predicted molar refractivity (Wildman–Crippen MR) is 84.7 cm³/mol. The third-order valence-electron chi connectivity index (χ3n) is 3.30. The van der Waals surface area contributed by atoms with Gasteiger partial charge in [0.1, 0.15) is 5.75 Å². The van der Waals surface area contributed by atoms with E-state index >= 15 is 0 Å². The molecule has 1 aliphatic carbocycles. The van der Waals surface area contributed by atoms with Gasteiger partial charge < -0.3 is 4.74 Å². The number of hydrogen-bond acceptors (Lipinski definition) is 2. The lowest BCUT2D eigenvalue weighted by atomic mass is 10.0. The third kappa shape index (κ3) is 4.96. The van der Waals surface area contributed by atoms with Crippen LogP contribution in [0.3, 0.4) is 0 Å². The highest BCUT2D eigenvalue weighted by Crippen LogP contribution is 2.16. The van der Waals surface area contributed by atoms with E-state index in [1.807, 2.05) is 49.4 Å². The Labute approximate surface area is 126 Å². The molecule has 0 N–H and O–H groups in total. The number of allylic oxidation sites excluding steroid dienone is 4. The Morgan fingerprint density at radius 2 is 2.00 bits per heavy atom. The van der Waals surface area contributed by atoms with Crippen molar-refractivity contribution in [2.24, 2.45) is 0 Å². The van der Waals surface area contributed by atoms with Crippen LogP contribution < -0.4 is 4.74 Å². The molecule has 1 aliphatic rings. The lowest BCUT2D eigenvalue weighted by molar-refractivity contribution is 0.0979. The van der Waals surface area contributed by atoms with E-state index in [2.05, 4.69) is 11.5 Å². The molecule has 0 heterocycles. The van der Waals surface area contributed by atoms with Crippen LogP contribution in [0.25, 0.3) is 0 Å². The molecule has 108 valence electrons. The summed E-state index contributed by atoms with van der Waals surface area (Å²) in [5.74, 6) is 1.01. The molecule has 1 aromatic carbocycles. The van der Waals surface area contributed by atoms with E-state index in [0.717, 1.165) is 36.1 Å². The normalized spacial score (nSPS) is 12.3. The zero-order chi connectivity index (χ0) is 14.9. The third-order valence-corrected chi connectivity index (χ3v) is 3.30. The van der Waals surface area contributed by atoms with Crippen LogP contribution in [0.4, 0.5) is 0 Å². The molecule has 0 spiro atoms. The first-order chi connectivity index (χ1) is 10.3. The average Bonchev–Trinajstić information content (AvgIpc) is 2.53. The highest BCUT2D eigenvalue weighted by Gasteiger charge is 2.06. The van der Waals surface area contributed by atoms with Gasteiger partial charge in [-0.25, -0.2) is 0 Å². The summed E-state index contributed by atoms with van der Waals surface area (Å²) in [7, 11) is 0. The first-order valence-electron chi connectivity index (χ1n) is 7.43. The van der Waals surface area contributed by atoms with Crippen molar-refractivity contribution in [2.45, 2.75) is 32.6 Å².